The Hall–Kier alpha value is -3.02. The van der Waals surface area contributed by atoms with E-state index in [0.29, 0.717) is 16.5 Å². The molecule has 2 N–H and O–H groups in total. The first-order chi connectivity index (χ1) is 10.9. The highest BCUT2D eigenvalue weighted by molar-refractivity contribution is 6.14. The van der Waals surface area contributed by atoms with Gasteiger partial charge in [0.1, 0.15) is 0 Å². The maximum atomic E-state index is 11.4. The van der Waals surface area contributed by atoms with Crippen molar-refractivity contribution in [2.24, 2.45) is 0 Å². The van der Waals surface area contributed by atoms with Gasteiger partial charge < -0.3 is 19.6 Å². The summed E-state index contributed by atoms with van der Waals surface area (Å²) in [4.78, 5) is 25.9. The van der Waals surface area contributed by atoms with Crippen LogP contribution in [-0.2, 0) is 9.59 Å². The molecule has 1 aromatic heterocycles. The molecule has 3 aromatic rings. The monoisotopic (exact) mass is 313 g/mol. The number of benzene rings is 2. The molecule has 3 rings (SSSR count). The summed E-state index contributed by atoms with van der Waals surface area (Å²) in [6, 6.07) is 7.33. The fourth-order valence-corrected chi connectivity index (χ4v) is 2.68. The third kappa shape index (κ3) is 2.38. The third-order valence-corrected chi connectivity index (χ3v) is 3.56. The minimum Gasteiger partial charge on any atom is -0.504 e. The second-order valence-electron chi connectivity index (χ2n) is 5.24. The van der Waals surface area contributed by atoms with Gasteiger partial charge >= 0.3 is 11.9 Å². The molecular weight excluding hydrogens is 298 g/mol. The lowest BCUT2D eigenvalue weighted by Gasteiger charge is -2.14. The predicted molar refractivity (Wildman–Crippen MR) is 84.8 cm³/mol. The van der Waals surface area contributed by atoms with E-state index in [1.165, 1.54) is 13.8 Å². The van der Waals surface area contributed by atoms with Gasteiger partial charge in [-0.25, -0.2) is 0 Å². The van der Waals surface area contributed by atoms with Gasteiger partial charge in [0.25, 0.3) is 0 Å². The van der Waals surface area contributed by atoms with Crippen LogP contribution in [-0.4, -0.2) is 22.0 Å². The molecule has 118 valence electrons. The Morgan fingerprint density at radius 2 is 1.65 bits per heavy atom. The zero-order valence-corrected chi connectivity index (χ0v) is 12.9. The normalized spacial score (nSPS) is 10.9. The number of carbonyl (C=O) groups is 2. The zero-order chi connectivity index (χ0) is 16.7. The Balaban J connectivity index is 2.46. The lowest BCUT2D eigenvalue weighted by Crippen LogP contribution is -2.07. The van der Waals surface area contributed by atoms with Crippen LogP contribution in [0.15, 0.2) is 24.3 Å². The largest absolute Gasteiger partial charge is 0.504 e. The molecule has 6 nitrogen and oxygen atoms in total. The van der Waals surface area contributed by atoms with E-state index in [4.69, 9.17) is 9.47 Å². The third-order valence-electron chi connectivity index (χ3n) is 3.56. The number of hydrogen-bond donors (Lipinski definition) is 2. The van der Waals surface area contributed by atoms with E-state index in [1.807, 2.05) is 24.3 Å². The van der Waals surface area contributed by atoms with Crippen LogP contribution in [0.3, 0.4) is 0 Å². The average molecular weight is 313 g/mol. The highest BCUT2D eigenvalue weighted by atomic mass is 16.5. The van der Waals surface area contributed by atoms with Gasteiger partial charge in [0.05, 0.1) is 10.9 Å². The molecule has 23 heavy (non-hydrogen) atoms. The summed E-state index contributed by atoms with van der Waals surface area (Å²) in [7, 11) is 0. The van der Waals surface area contributed by atoms with Gasteiger partial charge in [0.2, 0.25) is 0 Å². The van der Waals surface area contributed by atoms with Crippen LogP contribution in [0, 0.1) is 6.92 Å². The van der Waals surface area contributed by atoms with Crippen molar-refractivity contribution in [1.29, 1.82) is 0 Å². The van der Waals surface area contributed by atoms with E-state index in [1.54, 1.807) is 6.92 Å². The summed E-state index contributed by atoms with van der Waals surface area (Å²) in [5.74, 6) is -1.02. The van der Waals surface area contributed by atoms with Crippen molar-refractivity contribution in [3.8, 4) is 17.2 Å². The van der Waals surface area contributed by atoms with Gasteiger partial charge in [-0.05, 0) is 13.0 Å². The van der Waals surface area contributed by atoms with E-state index in [0.717, 1.165) is 10.9 Å². The van der Waals surface area contributed by atoms with Crippen molar-refractivity contribution < 1.29 is 24.2 Å². The number of rotatable bonds is 2. The molecule has 0 saturated heterocycles. The van der Waals surface area contributed by atoms with E-state index < -0.39 is 11.9 Å². The molecule has 0 fully saturated rings. The number of nitrogens with one attached hydrogen (secondary N) is 1. The minimum absolute atomic E-state index is 0.00833. The van der Waals surface area contributed by atoms with E-state index in [2.05, 4.69) is 4.98 Å². The number of fused-ring (bicyclic) bond motifs is 3. The molecule has 1 heterocycles. The topological polar surface area (TPSA) is 88.6 Å². The molecule has 0 saturated carbocycles. The summed E-state index contributed by atoms with van der Waals surface area (Å²) in [6.45, 7) is 4.14. The van der Waals surface area contributed by atoms with Crippen molar-refractivity contribution in [2.45, 2.75) is 20.8 Å². The number of phenolic OH excluding ortho intramolecular Hbond substituents is 1. The number of para-hydroxylation sites is 1. The molecule has 0 aliphatic carbocycles. The molecule has 0 radical (unpaired) electrons. The second-order valence-corrected chi connectivity index (χ2v) is 5.24. The lowest BCUT2D eigenvalue weighted by molar-refractivity contribution is -0.132. The summed E-state index contributed by atoms with van der Waals surface area (Å²) in [5, 5.41) is 11.8. The first-order valence-corrected chi connectivity index (χ1v) is 7.03. The Kier molecular flexibility index (Phi) is 3.44. The van der Waals surface area contributed by atoms with Crippen molar-refractivity contribution in [3.05, 3.63) is 29.8 Å². The van der Waals surface area contributed by atoms with E-state index in [9.17, 15) is 14.7 Å². The molecule has 0 bridgehead atoms. The number of phenols is 1. The van der Waals surface area contributed by atoms with Crippen LogP contribution in [0.5, 0.6) is 17.2 Å². The number of ether oxygens (including phenoxy) is 2. The minimum atomic E-state index is -0.573. The molecule has 0 aliphatic heterocycles. The molecule has 0 atom stereocenters. The van der Waals surface area contributed by atoms with Gasteiger partial charge in [0, 0.05) is 30.3 Å². The Bertz CT molecular complexity index is 955. The number of H-pyrrole nitrogens is 1. The van der Waals surface area contributed by atoms with Crippen molar-refractivity contribution in [3.63, 3.8) is 0 Å². The van der Waals surface area contributed by atoms with Crippen LogP contribution in [0.25, 0.3) is 21.8 Å². The number of carbonyl (C=O) groups excluding carboxylic acids is 2. The van der Waals surface area contributed by atoms with Crippen LogP contribution in [0.1, 0.15) is 19.4 Å². The SMILES string of the molecule is CC(=O)Oc1c(C)c(OC(C)=O)c2[nH]c3ccccc3c2c1O. The summed E-state index contributed by atoms with van der Waals surface area (Å²) in [6.07, 6.45) is 0. The van der Waals surface area contributed by atoms with Crippen molar-refractivity contribution >= 4 is 33.7 Å². The number of aromatic nitrogens is 1. The van der Waals surface area contributed by atoms with Crippen LogP contribution >= 0.6 is 0 Å². The summed E-state index contributed by atoms with van der Waals surface area (Å²) < 4.78 is 10.4. The Morgan fingerprint density at radius 1 is 1.04 bits per heavy atom. The molecule has 0 spiro atoms. The van der Waals surface area contributed by atoms with Crippen LogP contribution in [0.4, 0.5) is 0 Å². The quantitative estimate of drug-likeness (QED) is 0.560. The molecular formula is C17H15NO5. The Labute approximate surface area is 131 Å². The second kappa shape index (κ2) is 5.31. The van der Waals surface area contributed by atoms with Crippen LogP contribution < -0.4 is 9.47 Å². The molecule has 2 aromatic carbocycles. The molecule has 0 unspecified atom stereocenters. The predicted octanol–water partition coefficient (Wildman–Crippen LogP) is 3.19. The smallest absolute Gasteiger partial charge is 0.308 e. The fraction of sp³-hybridized carbons (Fsp3) is 0.176. The van der Waals surface area contributed by atoms with Crippen molar-refractivity contribution in [1.82, 2.24) is 4.98 Å². The summed E-state index contributed by atoms with van der Waals surface area (Å²) in [5.41, 5.74) is 1.62. The number of aromatic amines is 1. The lowest BCUT2D eigenvalue weighted by atomic mass is 10.1. The van der Waals surface area contributed by atoms with Gasteiger partial charge in [-0.3, -0.25) is 9.59 Å². The van der Waals surface area contributed by atoms with E-state index >= 15 is 0 Å². The number of aromatic hydroxyl groups is 1. The number of hydrogen-bond acceptors (Lipinski definition) is 5. The van der Waals surface area contributed by atoms with Gasteiger partial charge in [0.15, 0.2) is 17.2 Å². The first kappa shape index (κ1) is 14.9. The number of esters is 2. The Morgan fingerprint density at radius 3 is 2.30 bits per heavy atom. The molecule has 0 aliphatic rings. The maximum absolute atomic E-state index is 11.4. The maximum Gasteiger partial charge on any atom is 0.308 e. The van der Waals surface area contributed by atoms with Crippen molar-refractivity contribution in [2.75, 3.05) is 0 Å². The zero-order valence-electron chi connectivity index (χ0n) is 12.9. The fourth-order valence-electron chi connectivity index (χ4n) is 2.68. The molecule has 0 amide bonds. The highest BCUT2D eigenvalue weighted by Crippen LogP contribution is 2.47. The van der Waals surface area contributed by atoms with Gasteiger partial charge in [-0.2, -0.15) is 0 Å². The van der Waals surface area contributed by atoms with E-state index in [-0.39, 0.29) is 17.2 Å². The van der Waals surface area contributed by atoms with Gasteiger partial charge in [-0.1, -0.05) is 18.2 Å². The molecule has 6 heteroatoms. The first-order valence-electron chi connectivity index (χ1n) is 7.03. The average Bonchev–Trinajstić information content (AvgIpc) is 2.87. The standard InChI is InChI=1S/C17H15NO5/c1-8-16(22-9(2)19)14-13(15(21)17(8)23-10(3)20)11-6-4-5-7-12(11)18-14/h4-7,18,21H,1-3H3. The van der Waals surface area contributed by atoms with Crippen LogP contribution in [0.2, 0.25) is 0 Å². The van der Waals surface area contributed by atoms with Gasteiger partial charge in [-0.15, -0.1) is 0 Å². The summed E-state index contributed by atoms with van der Waals surface area (Å²) >= 11 is 0. The highest BCUT2D eigenvalue weighted by Gasteiger charge is 2.24.